The van der Waals surface area contributed by atoms with E-state index in [0.717, 1.165) is 31.0 Å². The highest BCUT2D eigenvalue weighted by molar-refractivity contribution is 8.00. The van der Waals surface area contributed by atoms with Crippen LogP contribution in [0.25, 0.3) is 0 Å². The number of nitrogens with zero attached hydrogens (tertiary/aromatic N) is 3. The van der Waals surface area contributed by atoms with Crippen LogP contribution in [0.3, 0.4) is 0 Å². The molecule has 1 amide bonds. The van der Waals surface area contributed by atoms with Gasteiger partial charge in [-0.2, -0.15) is 0 Å². The van der Waals surface area contributed by atoms with Crippen molar-refractivity contribution in [2.24, 2.45) is 0 Å². The van der Waals surface area contributed by atoms with Gasteiger partial charge in [0, 0.05) is 20.2 Å². The molecule has 1 aliphatic heterocycles. The van der Waals surface area contributed by atoms with Crippen molar-refractivity contribution in [2.45, 2.75) is 36.2 Å². The van der Waals surface area contributed by atoms with E-state index in [-0.39, 0.29) is 11.2 Å². The molecule has 0 aromatic carbocycles. The van der Waals surface area contributed by atoms with Gasteiger partial charge in [0.1, 0.15) is 6.33 Å². The third-order valence-corrected chi connectivity index (χ3v) is 4.11. The van der Waals surface area contributed by atoms with Crippen LogP contribution in [0.1, 0.15) is 19.3 Å². The van der Waals surface area contributed by atoms with Gasteiger partial charge >= 0.3 is 0 Å². The molecule has 1 N–H and O–H groups in total. The van der Waals surface area contributed by atoms with Crippen molar-refractivity contribution in [3.8, 4) is 0 Å². The molecule has 1 saturated heterocycles. The number of carbonyl (C=O) groups is 1. The Kier molecular flexibility index (Phi) is 5.00. The van der Waals surface area contributed by atoms with Crippen molar-refractivity contribution in [3.05, 3.63) is 6.33 Å². The van der Waals surface area contributed by atoms with E-state index in [2.05, 4.69) is 15.5 Å². The van der Waals surface area contributed by atoms with E-state index in [1.54, 1.807) is 13.4 Å². The Morgan fingerprint density at radius 3 is 3.33 bits per heavy atom. The van der Waals surface area contributed by atoms with Crippen LogP contribution >= 0.6 is 11.8 Å². The number of aromatic nitrogens is 3. The van der Waals surface area contributed by atoms with E-state index >= 15 is 0 Å². The lowest BCUT2D eigenvalue weighted by atomic mass is 10.2. The second kappa shape index (κ2) is 6.75. The van der Waals surface area contributed by atoms with E-state index < -0.39 is 0 Å². The minimum Gasteiger partial charge on any atom is -0.383 e. The van der Waals surface area contributed by atoms with Gasteiger partial charge in [-0.15, -0.1) is 10.2 Å². The topological polar surface area (TPSA) is 69.0 Å². The number of hydrogen-bond acceptors (Lipinski definition) is 5. The van der Waals surface area contributed by atoms with Gasteiger partial charge in [0.05, 0.1) is 11.9 Å². The second-order valence-electron chi connectivity index (χ2n) is 4.19. The van der Waals surface area contributed by atoms with E-state index in [9.17, 15) is 4.79 Å². The van der Waals surface area contributed by atoms with Gasteiger partial charge in [-0.05, 0) is 12.8 Å². The number of carbonyl (C=O) groups excluding carboxylic acids is 1. The monoisotopic (exact) mass is 270 g/mol. The molecule has 1 atom stereocenters. The van der Waals surface area contributed by atoms with Crippen molar-refractivity contribution in [2.75, 3.05) is 20.3 Å². The number of ether oxygens (including phenoxy) is 1. The highest BCUT2D eigenvalue weighted by Crippen LogP contribution is 2.26. The lowest BCUT2D eigenvalue weighted by molar-refractivity contribution is -0.120. The smallest absolute Gasteiger partial charge is 0.233 e. The molecule has 2 rings (SSSR count). The molecule has 0 aliphatic carbocycles. The van der Waals surface area contributed by atoms with Crippen LogP contribution in [0.4, 0.5) is 0 Å². The van der Waals surface area contributed by atoms with Crippen LogP contribution in [0.2, 0.25) is 0 Å². The van der Waals surface area contributed by atoms with Crippen LogP contribution in [0.15, 0.2) is 11.5 Å². The summed E-state index contributed by atoms with van der Waals surface area (Å²) in [4.78, 5) is 11.9. The Morgan fingerprint density at radius 2 is 2.50 bits per heavy atom. The van der Waals surface area contributed by atoms with E-state index in [1.807, 2.05) is 4.57 Å². The highest BCUT2D eigenvalue weighted by Gasteiger charge is 2.23. The average molecular weight is 270 g/mol. The van der Waals surface area contributed by atoms with Gasteiger partial charge in [0.15, 0.2) is 5.16 Å². The third kappa shape index (κ3) is 3.46. The van der Waals surface area contributed by atoms with E-state index in [0.29, 0.717) is 13.2 Å². The number of thioether (sulfide) groups is 1. The molecule has 1 aromatic heterocycles. The molecule has 0 saturated carbocycles. The van der Waals surface area contributed by atoms with Gasteiger partial charge in [0.2, 0.25) is 5.91 Å². The minimum absolute atomic E-state index is 0.0574. The largest absolute Gasteiger partial charge is 0.383 e. The summed E-state index contributed by atoms with van der Waals surface area (Å²) in [6.45, 7) is 2.11. The number of hydrogen-bond donors (Lipinski definition) is 1. The normalized spacial score (nSPS) is 20.5. The summed E-state index contributed by atoms with van der Waals surface area (Å²) in [6.07, 6.45) is 4.70. The van der Waals surface area contributed by atoms with Crippen molar-refractivity contribution in [3.63, 3.8) is 0 Å². The van der Waals surface area contributed by atoms with Crippen molar-refractivity contribution in [1.82, 2.24) is 20.1 Å². The summed E-state index contributed by atoms with van der Waals surface area (Å²) in [5.74, 6) is 0.110. The fourth-order valence-electron chi connectivity index (χ4n) is 1.83. The standard InChI is InChI=1S/C11H18N4O2S/c1-17-7-6-15-8-13-14-11(15)18-9-4-2-3-5-12-10(9)16/h8-9H,2-7H2,1H3,(H,12,16). The lowest BCUT2D eigenvalue weighted by Crippen LogP contribution is -2.30. The zero-order valence-electron chi connectivity index (χ0n) is 10.5. The quantitative estimate of drug-likeness (QED) is 0.852. The van der Waals surface area contributed by atoms with Crippen LogP contribution in [-0.2, 0) is 16.1 Å². The fourth-order valence-corrected chi connectivity index (χ4v) is 2.93. The molecule has 2 heterocycles. The molecular weight excluding hydrogens is 252 g/mol. The summed E-state index contributed by atoms with van der Waals surface area (Å²) < 4.78 is 6.96. The van der Waals surface area contributed by atoms with Gasteiger partial charge in [0.25, 0.3) is 0 Å². The Hall–Kier alpha value is -1.08. The molecule has 6 nitrogen and oxygen atoms in total. The van der Waals surface area contributed by atoms with Crippen molar-refractivity contribution in [1.29, 1.82) is 0 Å². The molecule has 7 heteroatoms. The van der Waals surface area contributed by atoms with Crippen molar-refractivity contribution < 1.29 is 9.53 Å². The summed E-state index contributed by atoms with van der Waals surface area (Å²) in [5.41, 5.74) is 0. The molecule has 0 radical (unpaired) electrons. The molecule has 1 fully saturated rings. The first-order valence-corrected chi connectivity index (χ1v) is 7.00. The molecule has 1 aliphatic rings. The third-order valence-electron chi connectivity index (χ3n) is 2.85. The molecule has 1 aromatic rings. The van der Waals surface area contributed by atoms with E-state index in [4.69, 9.17) is 4.74 Å². The molecule has 0 bridgehead atoms. The summed E-state index contributed by atoms with van der Waals surface area (Å²) >= 11 is 1.49. The molecule has 1 unspecified atom stereocenters. The zero-order valence-corrected chi connectivity index (χ0v) is 11.3. The van der Waals surface area contributed by atoms with Gasteiger partial charge in [-0.25, -0.2) is 0 Å². The van der Waals surface area contributed by atoms with Crippen LogP contribution in [0.5, 0.6) is 0 Å². The minimum atomic E-state index is -0.0574. The Labute approximate surface area is 110 Å². The number of nitrogens with one attached hydrogen (secondary N) is 1. The summed E-state index contributed by atoms with van der Waals surface area (Å²) in [6, 6.07) is 0. The predicted octanol–water partition coefficient (Wildman–Crippen LogP) is 0.685. The zero-order chi connectivity index (χ0) is 12.8. The number of rotatable bonds is 5. The SMILES string of the molecule is COCCn1cnnc1SC1CCCCNC1=O. The van der Waals surface area contributed by atoms with Crippen LogP contribution < -0.4 is 5.32 Å². The first-order chi connectivity index (χ1) is 8.81. The molecular formula is C11H18N4O2S. The highest BCUT2D eigenvalue weighted by atomic mass is 32.2. The lowest BCUT2D eigenvalue weighted by Gasteiger charge is -2.12. The summed E-state index contributed by atoms with van der Waals surface area (Å²) in [7, 11) is 1.66. The molecule has 100 valence electrons. The summed E-state index contributed by atoms with van der Waals surface area (Å²) in [5, 5.41) is 11.6. The maximum Gasteiger partial charge on any atom is 0.233 e. The Morgan fingerprint density at radius 1 is 1.61 bits per heavy atom. The predicted molar refractivity (Wildman–Crippen MR) is 68.4 cm³/mol. The number of methoxy groups -OCH3 is 1. The Balaban J connectivity index is 1.99. The van der Waals surface area contributed by atoms with Crippen molar-refractivity contribution >= 4 is 17.7 Å². The Bertz CT molecular complexity index is 396. The van der Waals surface area contributed by atoms with Crippen LogP contribution in [0, 0.1) is 0 Å². The first kappa shape index (κ1) is 13.4. The first-order valence-electron chi connectivity index (χ1n) is 6.12. The average Bonchev–Trinajstić information content (AvgIpc) is 2.71. The van der Waals surface area contributed by atoms with Gasteiger partial charge in [-0.3, -0.25) is 4.79 Å². The molecule has 18 heavy (non-hydrogen) atoms. The number of amides is 1. The maximum atomic E-state index is 11.9. The van der Waals surface area contributed by atoms with Gasteiger partial charge in [-0.1, -0.05) is 18.2 Å². The fraction of sp³-hybridized carbons (Fsp3) is 0.727. The van der Waals surface area contributed by atoms with Gasteiger partial charge < -0.3 is 14.6 Å². The maximum absolute atomic E-state index is 11.9. The van der Waals surface area contributed by atoms with E-state index in [1.165, 1.54) is 11.8 Å². The molecule has 0 spiro atoms. The second-order valence-corrected chi connectivity index (χ2v) is 5.36. The van der Waals surface area contributed by atoms with Crippen LogP contribution in [-0.4, -0.2) is 46.2 Å².